The van der Waals surface area contributed by atoms with E-state index in [1.54, 1.807) is 17.2 Å². The fraction of sp³-hybridized carbons (Fsp3) is 0.526. The van der Waals surface area contributed by atoms with Gasteiger partial charge in [-0.25, -0.2) is 0 Å². The second-order valence-electron chi connectivity index (χ2n) is 7.24. The van der Waals surface area contributed by atoms with Gasteiger partial charge in [-0.15, -0.1) is 0 Å². The molecule has 2 aliphatic rings. The van der Waals surface area contributed by atoms with Crippen molar-refractivity contribution < 1.29 is 14.0 Å². The van der Waals surface area contributed by atoms with Gasteiger partial charge in [0, 0.05) is 39.1 Å². The molecule has 7 nitrogen and oxygen atoms in total. The second kappa shape index (κ2) is 6.63. The summed E-state index contributed by atoms with van der Waals surface area (Å²) in [6, 6.07) is 3.65. The molecule has 4 rings (SSSR count). The van der Waals surface area contributed by atoms with Crippen molar-refractivity contribution in [1.29, 1.82) is 0 Å². The molecule has 2 aromatic rings. The minimum atomic E-state index is 0.0116. The number of hydrogen-bond donors (Lipinski definition) is 0. The molecular weight excluding hydrogens is 332 g/mol. The summed E-state index contributed by atoms with van der Waals surface area (Å²) in [5.74, 6) is 0.855. The molecule has 138 valence electrons. The van der Waals surface area contributed by atoms with Crippen molar-refractivity contribution in [1.82, 2.24) is 19.6 Å². The van der Waals surface area contributed by atoms with Crippen LogP contribution in [-0.4, -0.2) is 58.1 Å². The number of amides is 2. The predicted molar refractivity (Wildman–Crippen MR) is 95.1 cm³/mol. The Morgan fingerprint density at radius 1 is 1.27 bits per heavy atom. The van der Waals surface area contributed by atoms with Crippen molar-refractivity contribution in [2.45, 2.75) is 38.6 Å². The molecule has 2 aromatic heterocycles. The molecule has 2 aliphatic heterocycles. The predicted octanol–water partition coefficient (Wildman–Crippen LogP) is 2.28. The van der Waals surface area contributed by atoms with E-state index in [1.165, 1.54) is 0 Å². The summed E-state index contributed by atoms with van der Waals surface area (Å²) in [5.41, 5.74) is 2.21. The number of rotatable bonds is 2. The number of aromatic nitrogens is 2. The Balaban J connectivity index is 1.55. The monoisotopic (exact) mass is 356 g/mol. The first-order chi connectivity index (χ1) is 12.5. The smallest absolute Gasteiger partial charge is 0.271 e. The Hall–Kier alpha value is -2.57. The highest BCUT2D eigenvalue weighted by Crippen LogP contribution is 2.29. The zero-order valence-electron chi connectivity index (χ0n) is 15.3. The highest BCUT2D eigenvalue weighted by Gasteiger charge is 2.30. The first-order valence-corrected chi connectivity index (χ1v) is 9.21. The lowest BCUT2D eigenvalue weighted by atomic mass is 9.94. The average molecular weight is 356 g/mol. The molecule has 7 heteroatoms. The highest BCUT2D eigenvalue weighted by atomic mass is 16.3. The molecule has 0 spiro atoms. The van der Waals surface area contributed by atoms with Crippen LogP contribution in [0.4, 0.5) is 0 Å². The number of piperidine rings is 1. The van der Waals surface area contributed by atoms with Gasteiger partial charge < -0.3 is 14.2 Å². The van der Waals surface area contributed by atoms with E-state index in [0.29, 0.717) is 23.6 Å². The molecule has 0 aliphatic carbocycles. The van der Waals surface area contributed by atoms with Gasteiger partial charge in [0.1, 0.15) is 11.5 Å². The molecular formula is C19H24N4O3. The molecule has 4 heterocycles. The van der Waals surface area contributed by atoms with E-state index < -0.39 is 0 Å². The summed E-state index contributed by atoms with van der Waals surface area (Å²) in [6.45, 7) is 4.70. The van der Waals surface area contributed by atoms with E-state index in [-0.39, 0.29) is 17.7 Å². The standard InChI is InChI=1S/C19H24N4O3/c1-13-15(6-10-26-13)18(24)22-8-3-5-14(12-22)16-11-17-19(25)21(2)7-4-9-23(17)20-16/h6,10-11,14H,3-5,7-9,12H2,1-2H3. The number of furan rings is 1. The van der Waals surface area contributed by atoms with Gasteiger partial charge in [-0.05, 0) is 38.3 Å². The summed E-state index contributed by atoms with van der Waals surface area (Å²) >= 11 is 0. The molecule has 0 aromatic carbocycles. The minimum absolute atomic E-state index is 0.0116. The Kier molecular flexibility index (Phi) is 4.30. The molecule has 1 fully saturated rings. The molecule has 1 atom stereocenters. The van der Waals surface area contributed by atoms with Crippen LogP contribution in [0.25, 0.3) is 0 Å². The number of likely N-dealkylation sites (tertiary alicyclic amines) is 1. The van der Waals surface area contributed by atoms with Crippen LogP contribution in [0.15, 0.2) is 22.8 Å². The van der Waals surface area contributed by atoms with Crippen LogP contribution in [0.3, 0.4) is 0 Å². The van der Waals surface area contributed by atoms with Gasteiger partial charge in [-0.1, -0.05) is 0 Å². The highest BCUT2D eigenvalue weighted by molar-refractivity contribution is 5.95. The van der Waals surface area contributed by atoms with Crippen molar-refractivity contribution in [3.63, 3.8) is 0 Å². The van der Waals surface area contributed by atoms with E-state index in [9.17, 15) is 9.59 Å². The molecule has 0 N–H and O–H groups in total. The second-order valence-corrected chi connectivity index (χ2v) is 7.24. The summed E-state index contributed by atoms with van der Waals surface area (Å²) in [6.07, 6.45) is 4.38. The van der Waals surface area contributed by atoms with Crippen LogP contribution >= 0.6 is 0 Å². The molecule has 0 radical (unpaired) electrons. The van der Waals surface area contributed by atoms with E-state index in [0.717, 1.165) is 44.6 Å². The maximum atomic E-state index is 12.8. The van der Waals surface area contributed by atoms with Crippen molar-refractivity contribution >= 4 is 11.8 Å². The lowest BCUT2D eigenvalue weighted by Gasteiger charge is -2.32. The molecule has 26 heavy (non-hydrogen) atoms. The van der Waals surface area contributed by atoms with Gasteiger partial charge in [-0.2, -0.15) is 5.10 Å². The number of carbonyl (C=O) groups is 2. The Bertz CT molecular complexity index is 838. The molecule has 1 saturated heterocycles. The Labute approximate surface area is 152 Å². The van der Waals surface area contributed by atoms with Crippen molar-refractivity contribution in [3.05, 3.63) is 41.1 Å². The van der Waals surface area contributed by atoms with Crippen LogP contribution in [0.1, 0.15) is 57.5 Å². The van der Waals surface area contributed by atoms with Gasteiger partial charge in [-0.3, -0.25) is 14.3 Å². The molecule has 0 bridgehead atoms. The average Bonchev–Trinajstić information content (AvgIpc) is 3.24. The number of nitrogens with zero attached hydrogens (tertiary/aromatic N) is 4. The van der Waals surface area contributed by atoms with E-state index in [1.807, 2.05) is 29.6 Å². The van der Waals surface area contributed by atoms with Crippen LogP contribution in [0, 0.1) is 6.92 Å². The first-order valence-electron chi connectivity index (χ1n) is 9.21. The number of fused-ring (bicyclic) bond motifs is 1. The quantitative estimate of drug-likeness (QED) is 0.828. The largest absolute Gasteiger partial charge is 0.469 e. The SMILES string of the molecule is Cc1occc1C(=O)N1CCCC(c2cc3n(n2)CCCN(C)C3=O)C1. The van der Waals surface area contributed by atoms with Crippen LogP contribution in [0.5, 0.6) is 0 Å². The number of aryl methyl sites for hydroxylation is 2. The third kappa shape index (κ3) is 2.91. The third-order valence-corrected chi connectivity index (χ3v) is 5.44. The number of carbonyl (C=O) groups excluding carboxylic acids is 2. The van der Waals surface area contributed by atoms with E-state index in [4.69, 9.17) is 9.52 Å². The Morgan fingerprint density at radius 3 is 2.88 bits per heavy atom. The topological polar surface area (TPSA) is 71.6 Å². The van der Waals surface area contributed by atoms with Crippen molar-refractivity contribution in [2.24, 2.45) is 0 Å². The van der Waals surface area contributed by atoms with Crippen molar-refractivity contribution in [3.8, 4) is 0 Å². The fourth-order valence-electron chi connectivity index (χ4n) is 3.91. The van der Waals surface area contributed by atoms with Crippen LogP contribution in [-0.2, 0) is 6.54 Å². The Morgan fingerprint density at radius 2 is 2.12 bits per heavy atom. The van der Waals surface area contributed by atoms with E-state index >= 15 is 0 Å². The number of hydrogen-bond acceptors (Lipinski definition) is 4. The van der Waals surface area contributed by atoms with Gasteiger partial charge in [0.25, 0.3) is 11.8 Å². The molecule has 1 unspecified atom stereocenters. The maximum absolute atomic E-state index is 12.8. The summed E-state index contributed by atoms with van der Waals surface area (Å²) in [7, 11) is 1.83. The molecule has 2 amide bonds. The molecule has 0 saturated carbocycles. The van der Waals surface area contributed by atoms with Crippen LogP contribution in [0.2, 0.25) is 0 Å². The zero-order valence-corrected chi connectivity index (χ0v) is 15.3. The lowest BCUT2D eigenvalue weighted by Crippen LogP contribution is -2.39. The maximum Gasteiger partial charge on any atom is 0.271 e. The van der Waals surface area contributed by atoms with Gasteiger partial charge >= 0.3 is 0 Å². The zero-order chi connectivity index (χ0) is 18.3. The summed E-state index contributed by atoms with van der Waals surface area (Å²) < 4.78 is 7.11. The minimum Gasteiger partial charge on any atom is -0.469 e. The van der Waals surface area contributed by atoms with Gasteiger partial charge in [0.05, 0.1) is 17.5 Å². The summed E-state index contributed by atoms with van der Waals surface area (Å²) in [5, 5.41) is 4.71. The third-order valence-electron chi connectivity index (χ3n) is 5.44. The van der Waals surface area contributed by atoms with Crippen LogP contribution < -0.4 is 0 Å². The van der Waals surface area contributed by atoms with E-state index in [2.05, 4.69) is 0 Å². The normalized spacial score (nSPS) is 20.8. The lowest BCUT2D eigenvalue weighted by molar-refractivity contribution is 0.0703. The van der Waals surface area contributed by atoms with Crippen molar-refractivity contribution in [2.75, 3.05) is 26.7 Å². The fourth-order valence-corrected chi connectivity index (χ4v) is 3.91. The van der Waals surface area contributed by atoms with Gasteiger partial charge in [0.2, 0.25) is 0 Å². The summed E-state index contributed by atoms with van der Waals surface area (Å²) in [4.78, 5) is 28.9. The van der Waals surface area contributed by atoms with Gasteiger partial charge in [0.15, 0.2) is 0 Å². The first kappa shape index (κ1) is 16.9.